The van der Waals surface area contributed by atoms with Crippen molar-refractivity contribution in [2.24, 2.45) is 0 Å². The van der Waals surface area contributed by atoms with Crippen LogP contribution in [0.5, 0.6) is 0 Å². The average Bonchev–Trinajstić information content (AvgIpc) is 2.83. The van der Waals surface area contributed by atoms with E-state index < -0.39 is 0 Å². The molecule has 1 unspecified atom stereocenters. The van der Waals surface area contributed by atoms with E-state index in [1.54, 1.807) is 11.9 Å². The van der Waals surface area contributed by atoms with Crippen LogP contribution in [-0.4, -0.2) is 57.6 Å². The number of aromatic amines is 1. The topological polar surface area (TPSA) is 86.8 Å². The first-order chi connectivity index (χ1) is 7.77. The lowest BCUT2D eigenvalue weighted by Crippen LogP contribution is -2.44. The minimum absolute atomic E-state index is 0.123. The first kappa shape index (κ1) is 11.0. The van der Waals surface area contributed by atoms with E-state index in [0.717, 1.165) is 13.0 Å². The Morgan fingerprint density at radius 1 is 1.56 bits per heavy atom. The van der Waals surface area contributed by atoms with Crippen molar-refractivity contribution in [3.8, 4) is 0 Å². The van der Waals surface area contributed by atoms with Crippen molar-refractivity contribution in [2.75, 3.05) is 20.1 Å². The molecule has 2 N–H and O–H groups in total. The summed E-state index contributed by atoms with van der Waals surface area (Å²) in [6.07, 6.45) is 3.56. The second kappa shape index (κ2) is 5.02. The van der Waals surface area contributed by atoms with Crippen LogP contribution in [-0.2, 0) is 0 Å². The van der Waals surface area contributed by atoms with Crippen molar-refractivity contribution in [3.63, 3.8) is 0 Å². The fourth-order valence-electron chi connectivity index (χ4n) is 1.92. The molecule has 1 fully saturated rings. The number of amides is 1. The van der Waals surface area contributed by atoms with Crippen LogP contribution in [0.3, 0.4) is 0 Å². The molecule has 1 aromatic heterocycles. The third-order valence-corrected chi connectivity index (χ3v) is 2.79. The van der Waals surface area contributed by atoms with Crippen LogP contribution < -0.4 is 5.32 Å². The van der Waals surface area contributed by atoms with Crippen molar-refractivity contribution in [1.82, 2.24) is 30.8 Å². The molecule has 1 aromatic rings. The molecular weight excluding hydrogens is 208 g/mol. The number of tetrazole rings is 1. The quantitative estimate of drug-likeness (QED) is 0.717. The number of aromatic nitrogens is 4. The summed E-state index contributed by atoms with van der Waals surface area (Å²) in [6.45, 7) is 1.72. The number of H-pyrrole nitrogens is 1. The van der Waals surface area contributed by atoms with Crippen LogP contribution in [0.2, 0.25) is 0 Å². The van der Waals surface area contributed by atoms with Crippen molar-refractivity contribution in [2.45, 2.75) is 25.3 Å². The van der Waals surface area contributed by atoms with Crippen LogP contribution in [0.15, 0.2) is 0 Å². The zero-order chi connectivity index (χ0) is 11.4. The number of hydrogen-bond donors (Lipinski definition) is 2. The molecule has 0 aliphatic carbocycles. The summed E-state index contributed by atoms with van der Waals surface area (Å²) in [5.74, 6) is -0.0700. The zero-order valence-corrected chi connectivity index (χ0v) is 9.31. The highest BCUT2D eigenvalue weighted by Crippen LogP contribution is 2.08. The van der Waals surface area contributed by atoms with E-state index in [-0.39, 0.29) is 11.7 Å². The highest BCUT2D eigenvalue weighted by molar-refractivity contribution is 5.89. The number of likely N-dealkylation sites (N-methyl/N-ethyl adjacent to an activating group) is 1. The second-order valence-electron chi connectivity index (χ2n) is 4.07. The standard InChI is InChI=1S/C9H16N6O/c1-15(6-7-4-2-3-5-10-7)9(16)8-11-13-14-12-8/h7,10H,2-6H2,1H3,(H,11,12,13,14). The van der Waals surface area contributed by atoms with Gasteiger partial charge in [0.25, 0.3) is 11.7 Å². The molecule has 1 aliphatic heterocycles. The van der Waals surface area contributed by atoms with Gasteiger partial charge >= 0.3 is 0 Å². The maximum Gasteiger partial charge on any atom is 0.295 e. The summed E-state index contributed by atoms with van der Waals surface area (Å²) in [5, 5.41) is 16.4. The normalized spacial score (nSPS) is 20.7. The Kier molecular flexibility index (Phi) is 3.45. The Hall–Kier alpha value is -1.50. The van der Waals surface area contributed by atoms with Crippen LogP contribution >= 0.6 is 0 Å². The number of nitrogens with zero attached hydrogens (tertiary/aromatic N) is 4. The monoisotopic (exact) mass is 224 g/mol. The first-order valence-corrected chi connectivity index (χ1v) is 5.49. The minimum atomic E-state index is -0.193. The van der Waals surface area contributed by atoms with Crippen LogP contribution in [0.25, 0.3) is 0 Å². The maximum atomic E-state index is 11.8. The van der Waals surface area contributed by atoms with Gasteiger partial charge in [0, 0.05) is 19.6 Å². The fourth-order valence-corrected chi connectivity index (χ4v) is 1.92. The minimum Gasteiger partial charge on any atom is -0.337 e. The summed E-state index contributed by atoms with van der Waals surface area (Å²) in [6, 6.07) is 0.384. The van der Waals surface area contributed by atoms with Gasteiger partial charge in [-0.2, -0.15) is 5.21 Å². The van der Waals surface area contributed by atoms with Crippen molar-refractivity contribution < 1.29 is 4.79 Å². The Balaban J connectivity index is 1.87. The lowest BCUT2D eigenvalue weighted by molar-refractivity contribution is 0.0763. The predicted octanol–water partition coefficient (Wildman–Crippen LogP) is -0.586. The third-order valence-electron chi connectivity index (χ3n) is 2.79. The van der Waals surface area contributed by atoms with E-state index >= 15 is 0 Å². The summed E-state index contributed by atoms with van der Waals surface area (Å²) < 4.78 is 0. The zero-order valence-electron chi connectivity index (χ0n) is 9.31. The van der Waals surface area contributed by atoms with Crippen molar-refractivity contribution >= 4 is 5.91 Å². The Labute approximate surface area is 93.6 Å². The fraction of sp³-hybridized carbons (Fsp3) is 0.778. The Bertz CT molecular complexity index is 332. The predicted molar refractivity (Wildman–Crippen MR) is 56.8 cm³/mol. The summed E-state index contributed by atoms with van der Waals surface area (Å²) in [4.78, 5) is 13.4. The highest BCUT2D eigenvalue weighted by atomic mass is 16.2. The molecule has 0 aromatic carbocycles. The van der Waals surface area contributed by atoms with Gasteiger partial charge in [0.15, 0.2) is 0 Å². The van der Waals surface area contributed by atoms with E-state index in [4.69, 9.17) is 0 Å². The molecule has 0 radical (unpaired) electrons. The van der Waals surface area contributed by atoms with Gasteiger partial charge in [0.1, 0.15) is 0 Å². The van der Waals surface area contributed by atoms with Gasteiger partial charge in [-0.25, -0.2) is 0 Å². The number of carbonyl (C=O) groups excluding carboxylic acids is 1. The van der Waals surface area contributed by atoms with Gasteiger partial charge in [-0.3, -0.25) is 4.79 Å². The van der Waals surface area contributed by atoms with Gasteiger partial charge in [-0.1, -0.05) is 6.42 Å². The van der Waals surface area contributed by atoms with E-state index in [9.17, 15) is 4.79 Å². The molecule has 2 rings (SSSR count). The van der Waals surface area contributed by atoms with Crippen LogP contribution in [0.1, 0.15) is 29.9 Å². The summed E-state index contributed by atoms with van der Waals surface area (Å²) >= 11 is 0. The number of hydrogen-bond acceptors (Lipinski definition) is 5. The molecule has 0 spiro atoms. The first-order valence-electron chi connectivity index (χ1n) is 5.49. The summed E-state index contributed by atoms with van der Waals surface area (Å²) in [5.41, 5.74) is 0. The lowest BCUT2D eigenvalue weighted by atomic mass is 10.0. The summed E-state index contributed by atoms with van der Waals surface area (Å²) in [7, 11) is 1.76. The molecule has 88 valence electrons. The van der Waals surface area contributed by atoms with Crippen molar-refractivity contribution in [1.29, 1.82) is 0 Å². The number of piperidine rings is 1. The van der Waals surface area contributed by atoms with E-state index in [2.05, 4.69) is 25.9 Å². The molecular formula is C9H16N6O. The number of nitrogens with one attached hydrogen (secondary N) is 2. The molecule has 7 heteroatoms. The molecule has 7 nitrogen and oxygen atoms in total. The van der Waals surface area contributed by atoms with E-state index in [1.807, 2.05) is 0 Å². The number of rotatable bonds is 3. The highest BCUT2D eigenvalue weighted by Gasteiger charge is 2.20. The molecule has 1 aliphatic rings. The largest absolute Gasteiger partial charge is 0.337 e. The average molecular weight is 224 g/mol. The van der Waals surface area contributed by atoms with Gasteiger partial charge in [-0.05, 0) is 24.6 Å². The van der Waals surface area contributed by atoms with E-state index in [0.29, 0.717) is 12.6 Å². The maximum absolute atomic E-state index is 11.8. The molecule has 0 bridgehead atoms. The van der Waals surface area contributed by atoms with E-state index in [1.165, 1.54) is 12.8 Å². The van der Waals surface area contributed by atoms with Gasteiger partial charge < -0.3 is 10.2 Å². The molecule has 0 saturated carbocycles. The Morgan fingerprint density at radius 2 is 2.44 bits per heavy atom. The second-order valence-corrected chi connectivity index (χ2v) is 4.07. The lowest BCUT2D eigenvalue weighted by Gasteiger charge is -2.27. The third kappa shape index (κ3) is 2.54. The molecule has 16 heavy (non-hydrogen) atoms. The van der Waals surface area contributed by atoms with Gasteiger partial charge in [-0.15, -0.1) is 10.2 Å². The molecule has 1 atom stereocenters. The van der Waals surface area contributed by atoms with Crippen LogP contribution in [0, 0.1) is 0 Å². The SMILES string of the molecule is CN(CC1CCCCN1)C(=O)c1nn[nH]n1. The Morgan fingerprint density at radius 3 is 3.06 bits per heavy atom. The van der Waals surface area contributed by atoms with Crippen LogP contribution in [0.4, 0.5) is 0 Å². The number of carbonyl (C=O) groups is 1. The molecule has 2 heterocycles. The van der Waals surface area contributed by atoms with Crippen molar-refractivity contribution in [3.05, 3.63) is 5.82 Å². The van der Waals surface area contributed by atoms with Gasteiger partial charge in [0.05, 0.1) is 0 Å². The molecule has 1 saturated heterocycles. The smallest absolute Gasteiger partial charge is 0.295 e. The molecule has 1 amide bonds. The van der Waals surface area contributed by atoms with Gasteiger partial charge in [0.2, 0.25) is 0 Å².